The monoisotopic (exact) mass is 350 g/mol. The van der Waals surface area contributed by atoms with Gasteiger partial charge in [-0.2, -0.15) is 0 Å². The van der Waals surface area contributed by atoms with Crippen molar-refractivity contribution in [2.24, 2.45) is 5.92 Å². The predicted molar refractivity (Wildman–Crippen MR) is 96.0 cm³/mol. The van der Waals surface area contributed by atoms with Crippen LogP contribution >= 0.6 is 0 Å². The van der Waals surface area contributed by atoms with Crippen molar-refractivity contribution < 1.29 is 14.0 Å². The van der Waals surface area contributed by atoms with Crippen LogP contribution in [0.3, 0.4) is 0 Å². The second-order valence-electron chi connectivity index (χ2n) is 6.70. The highest BCUT2D eigenvalue weighted by Gasteiger charge is 2.14. The SMILES string of the molecule is CC1CCN(CCCCNC(=O)NCC(=O)NCc2ccco2)CC1. The molecule has 0 radical (unpaired) electrons. The van der Waals surface area contributed by atoms with Crippen LogP contribution in [-0.2, 0) is 11.3 Å². The molecule has 1 aliphatic rings. The van der Waals surface area contributed by atoms with E-state index in [2.05, 4.69) is 27.8 Å². The molecule has 7 heteroatoms. The summed E-state index contributed by atoms with van der Waals surface area (Å²) < 4.78 is 5.12. The smallest absolute Gasteiger partial charge is 0.315 e. The number of piperidine rings is 1. The van der Waals surface area contributed by atoms with Crippen molar-refractivity contribution in [3.63, 3.8) is 0 Å². The van der Waals surface area contributed by atoms with Gasteiger partial charge in [-0.15, -0.1) is 0 Å². The average molecular weight is 350 g/mol. The number of rotatable bonds is 9. The summed E-state index contributed by atoms with van der Waals surface area (Å²) in [6.07, 6.45) is 6.17. The Labute approximate surface area is 149 Å². The minimum Gasteiger partial charge on any atom is -0.467 e. The van der Waals surface area contributed by atoms with Crippen LogP contribution in [0.5, 0.6) is 0 Å². The molecule has 3 amide bonds. The molecule has 0 saturated carbocycles. The maximum Gasteiger partial charge on any atom is 0.315 e. The molecule has 0 aromatic carbocycles. The number of carbonyl (C=O) groups is 2. The highest BCUT2D eigenvalue weighted by Crippen LogP contribution is 2.15. The molecule has 1 fully saturated rings. The largest absolute Gasteiger partial charge is 0.467 e. The minimum atomic E-state index is -0.306. The molecule has 1 saturated heterocycles. The van der Waals surface area contributed by atoms with Gasteiger partial charge in [0.05, 0.1) is 19.4 Å². The van der Waals surface area contributed by atoms with Crippen molar-refractivity contribution in [2.75, 3.05) is 32.7 Å². The molecular weight excluding hydrogens is 320 g/mol. The lowest BCUT2D eigenvalue weighted by Crippen LogP contribution is -2.42. The molecule has 2 rings (SSSR count). The fraction of sp³-hybridized carbons (Fsp3) is 0.667. The zero-order chi connectivity index (χ0) is 17.9. The number of unbranched alkanes of at least 4 members (excludes halogenated alkanes) is 1. The van der Waals surface area contributed by atoms with Gasteiger partial charge in [-0.3, -0.25) is 4.79 Å². The normalized spacial score (nSPS) is 15.7. The highest BCUT2D eigenvalue weighted by atomic mass is 16.3. The van der Waals surface area contributed by atoms with Crippen molar-refractivity contribution in [1.82, 2.24) is 20.9 Å². The van der Waals surface area contributed by atoms with Crippen molar-refractivity contribution in [2.45, 2.75) is 39.2 Å². The summed E-state index contributed by atoms with van der Waals surface area (Å²) in [5.74, 6) is 1.30. The molecule has 7 nitrogen and oxygen atoms in total. The molecule has 1 aromatic rings. The van der Waals surface area contributed by atoms with Crippen LogP contribution < -0.4 is 16.0 Å². The molecule has 3 N–H and O–H groups in total. The van der Waals surface area contributed by atoms with Crippen LogP contribution in [0.2, 0.25) is 0 Å². The molecule has 1 aliphatic heterocycles. The van der Waals surface area contributed by atoms with Crippen LogP contribution in [-0.4, -0.2) is 49.6 Å². The molecule has 0 unspecified atom stereocenters. The second kappa shape index (κ2) is 10.8. The molecule has 25 heavy (non-hydrogen) atoms. The van der Waals surface area contributed by atoms with Crippen molar-refractivity contribution >= 4 is 11.9 Å². The summed E-state index contributed by atoms with van der Waals surface area (Å²) in [7, 11) is 0. The fourth-order valence-corrected chi connectivity index (χ4v) is 2.83. The van der Waals surface area contributed by atoms with E-state index in [0.29, 0.717) is 18.8 Å². The van der Waals surface area contributed by atoms with E-state index in [1.54, 1.807) is 18.4 Å². The third-order valence-corrected chi connectivity index (χ3v) is 4.51. The Bertz CT molecular complexity index is 510. The van der Waals surface area contributed by atoms with Crippen LogP contribution in [0.15, 0.2) is 22.8 Å². The summed E-state index contributed by atoms with van der Waals surface area (Å²) in [6, 6.07) is 3.24. The number of hydrogen-bond donors (Lipinski definition) is 3. The highest BCUT2D eigenvalue weighted by molar-refractivity contribution is 5.83. The number of carbonyl (C=O) groups excluding carboxylic acids is 2. The van der Waals surface area contributed by atoms with Crippen LogP contribution in [0.25, 0.3) is 0 Å². The number of nitrogens with zero attached hydrogens (tertiary/aromatic N) is 1. The van der Waals surface area contributed by atoms with E-state index in [9.17, 15) is 9.59 Å². The van der Waals surface area contributed by atoms with Gasteiger partial charge in [0.15, 0.2) is 0 Å². The lowest BCUT2D eigenvalue weighted by atomic mass is 9.99. The average Bonchev–Trinajstić information content (AvgIpc) is 3.13. The summed E-state index contributed by atoms with van der Waals surface area (Å²) >= 11 is 0. The van der Waals surface area contributed by atoms with Crippen molar-refractivity contribution in [1.29, 1.82) is 0 Å². The number of likely N-dealkylation sites (tertiary alicyclic amines) is 1. The standard InChI is InChI=1S/C18H30N4O3/c1-15-6-10-22(11-7-15)9-3-2-8-19-18(24)21-14-17(23)20-13-16-5-4-12-25-16/h4-5,12,15H,2-3,6-11,13-14H2,1H3,(H,20,23)(H2,19,21,24). The first-order valence-electron chi connectivity index (χ1n) is 9.16. The molecule has 0 spiro atoms. The van der Waals surface area contributed by atoms with Gasteiger partial charge in [-0.1, -0.05) is 6.92 Å². The number of furan rings is 1. The Morgan fingerprint density at radius 2 is 2.00 bits per heavy atom. The van der Waals surface area contributed by atoms with E-state index in [1.807, 2.05) is 0 Å². The Hall–Kier alpha value is -2.02. The first-order valence-corrected chi connectivity index (χ1v) is 9.16. The van der Waals surface area contributed by atoms with E-state index in [4.69, 9.17) is 4.42 Å². The zero-order valence-electron chi connectivity index (χ0n) is 15.1. The first-order chi connectivity index (χ1) is 12.1. The van der Waals surface area contributed by atoms with Gasteiger partial charge in [0.1, 0.15) is 5.76 Å². The third kappa shape index (κ3) is 8.07. The fourth-order valence-electron chi connectivity index (χ4n) is 2.83. The van der Waals surface area contributed by atoms with Gasteiger partial charge in [0, 0.05) is 6.54 Å². The van der Waals surface area contributed by atoms with E-state index >= 15 is 0 Å². The summed E-state index contributed by atoms with van der Waals surface area (Å²) in [5, 5.41) is 8.02. The van der Waals surface area contributed by atoms with Gasteiger partial charge in [0.2, 0.25) is 5.91 Å². The van der Waals surface area contributed by atoms with Gasteiger partial charge in [-0.05, 0) is 63.4 Å². The van der Waals surface area contributed by atoms with Crippen LogP contribution in [0.1, 0.15) is 38.4 Å². The predicted octanol–water partition coefficient (Wildman–Crippen LogP) is 1.71. The third-order valence-electron chi connectivity index (χ3n) is 4.51. The summed E-state index contributed by atoms with van der Waals surface area (Å²) in [4.78, 5) is 25.8. The maximum atomic E-state index is 11.7. The topological polar surface area (TPSA) is 86.6 Å². The Morgan fingerprint density at radius 1 is 1.20 bits per heavy atom. The number of nitrogens with one attached hydrogen (secondary N) is 3. The Morgan fingerprint density at radius 3 is 2.72 bits per heavy atom. The zero-order valence-corrected chi connectivity index (χ0v) is 15.1. The van der Waals surface area contributed by atoms with Crippen molar-refractivity contribution in [3.8, 4) is 0 Å². The molecule has 0 bridgehead atoms. The lowest BCUT2D eigenvalue weighted by molar-refractivity contribution is -0.120. The van der Waals surface area contributed by atoms with E-state index in [1.165, 1.54) is 25.9 Å². The lowest BCUT2D eigenvalue weighted by Gasteiger charge is -2.30. The Balaban J connectivity index is 1.43. The quantitative estimate of drug-likeness (QED) is 0.592. The summed E-state index contributed by atoms with van der Waals surface area (Å²) in [5.41, 5.74) is 0. The second-order valence-corrected chi connectivity index (χ2v) is 6.70. The first kappa shape index (κ1) is 19.3. The molecule has 0 atom stereocenters. The Kier molecular flexibility index (Phi) is 8.31. The minimum absolute atomic E-state index is 0.0432. The van der Waals surface area contributed by atoms with Gasteiger partial charge < -0.3 is 25.3 Å². The molecule has 2 heterocycles. The van der Waals surface area contributed by atoms with E-state index in [0.717, 1.165) is 25.3 Å². The van der Waals surface area contributed by atoms with Gasteiger partial charge in [-0.25, -0.2) is 4.79 Å². The van der Waals surface area contributed by atoms with Gasteiger partial charge >= 0.3 is 6.03 Å². The van der Waals surface area contributed by atoms with Crippen molar-refractivity contribution in [3.05, 3.63) is 24.2 Å². The van der Waals surface area contributed by atoms with Gasteiger partial charge in [0.25, 0.3) is 0 Å². The summed E-state index contributed by atoms with van der Waals surface area (Å²) in [6.45, 7) is 6.72. The number of hydrogen-bond acceptors (Lipinski definition) is 4. The number of amides is 3. The molecule has 0 aliphatic carbocycles. The van der Waals surface area contributed by atoms with E-state index < -0.39 is 0 Å². The van der Waals surface area contributed by atoms with Crippen LogP contribution in [0, 0.1) is 5.92 Å². The molecule has 1 aromatic heterocycles. The molecule has 140 valence electrons. The van der Waals surface area contributed by atoms with E-state index in [-0.39, 0.29) is 18.5 Å². The van der Waals surface area contributed by atoms with Crippen LogP contribution in [0.4, 0.5) is 4.79 Å². The maximum absolute atomic E-state index is 11.7. The number of urea groups is 1. The molecular formula is C18H30N4O3.